The minimum Gasteiger partial charge on any atom is -0.307 e. The van der Waals surface area contributed by atoms with E-state index in [-0.39, 0.29) is 0 Å². The fourth-order valence-electron chi connectivity index (χ4n) is 1.31. The van der Waals surface area contributed by atoms with Gasteiger partial charge in [-0.25, -0.2) is 0 Å². The lowest BCUT2D eigenvalue weighted by Gasteiger charge is -1.96. The zero-order valence-electron chi connectivity index (χ0n) is 4.92. The van der Waals surface area contributed by atoms with Crippen LogP contribution in [0.2, 0.25) is 0 Å². The molecule has 2 aliphatic rings. The van der Waals surface area contributed by atoms with Crippen molar-refractivity contribution < 1.29 is 10.6 Å². The molecule has 2 aliphatic heterocycles. The van der Waals surface area contributed by atoms with E-state index in [1.54, 1.807) is 0 Å². The normalized spacial score (nSPS) is 39.8. The fraction of sp³-hybridized carbons (Fsp3) is 0.750. The summed E-state index contributed by atoms with van der Waals surface area (Å²) in [6.07, 6.45) is 0.940. The molecule has 0 aromatic rings. The van der Waals surface area contributed by atoms with Crippen LogP contribution in [0.5, 0.6) is 0 Å². The van der Waals surface area contributed by atoms with E-state index in [4.69, 9.17) is 12.2 Å². The third kappa shape index (κ3) is 0.772. The second-order valence-electron chi connectivity index (χ2n) is 2.38. The monoisotopic (exact) mass is 146 g/mol. The molecule has 9 heavy (non-hydrogen) atoms. The van der Waals surface area contributed by atoms with Gasteiger partial charge in [0.05, 0.1) is 0 Å². The minimum atomic E-state index is 0.470. The zero-order valence-corrected chi connectivity index (χ0v) is 5.74. The quantitative estimate of drug-likeness (QED) is 0.265. The Kier molecular flexibility index (Phi) is 1.08. The standard InChI is InChI=1S/C4H8N4S/c9-4-7-2-3(8-4)6-1-5-2/h2-3,5-6H,1H2,(H2,7,8,9)/p+2. The van der Waals surface area contributed by atoms with E-state index < -0.39 is 0 Å². The second kappa shape index (κ2) is 1.80. The lowest BCUT2D eigenvalue weighted by atomic mass is 10.4. The van der Waals surface area contributed by atoms with Gasteiger partial charge < -0.3 is 10.6 Å². The Morgan fingerprint density at radius 2 is 1.89 bits per heavy atom. The van der Waals surface area contributed by atoms with E-state index in [1.807, 2.05) is 0 Å². The smallest absolute Gasteiger partial charge is 0.239 e. The SMILES string of the molecule is S=C1NC2[NH2+]C[NH2+]C2N1. The van der Waals surface area contributed by atoms with E-state index in [0.29, 0.717) is 12.3 Å². The molecule has 0 aromatic carbocycles. The number of hydrogen-bond acceptors (Lipinski definition) is 1. The predicted octanol–water partition coefficient (Wildman–Crippen LogP) is -3.79. The van der Waals surface area contributed by atoms with Crippen molar-refractivity contribution in [1.82, 2.24) is 10.6 Å². The van der Waals surface area contributed by atoms with Gasteiger partial charge in [-0.1, -0.05) is 0 Å². The van der Waals surface area contributed by atoms with Gasteiger partial charge >= 0.3 is 0 Å². The van der Waals surface area contributed by atoms with Crippen molar-refractivity contribution in [3.63, 3.8) is 0 Å². The van der Waals surface area contributed by atoms with Gasteiger partial charge in [0.1, 0.15) is 0 Å². The highest BCUT2D eigenvalue weighted by molar-refractivity contribution is 7.80. The maximum absolute atomic E-state index is 4.91. The molecule has 2 saturated heterocycles. The summed E-state index contributed by atoms with van der Waals surface area (Å²) in [4.78, 5) is 0. The first-order valence-corrected chi connectivity index (χ1v) is 3.51. The first-order valence-electron chi connectivity index (χ1n) is 3.10. The van der Waals surface area contributed by atoms with Crippen molar-refractivity contribution >= 4 is 17.3 Å². The van der Waals surface area contributed by atoms with Crippen molar-refractivity contribution in [3.05, 3.63) is 0 Å². The van der Waals surface area contributed by atoms with Gasteiger partial charge in [-0.05, 0) is 12.2 Å². The molecular weight excluding hydrogens is 136 g/mol. The molecule has 50 valence electrons. The Morgan fingerprint density at radius 3 is 2.44 bits per heavy atom. The molecule has 2 unspecified atom stereocenters. The van der Waals surface area contributed by atoms with Crippen LogP contribution in [0.4, 0.5) is 0 Å². The highest BCUT2D eigenvalue weighted by atomic mass is 32.1. The first kappa shape index (κ1) is 5.40. The van der Waals surface area contributed by atoms with Crippen LogP contribution in [0, 0.1) is 0 Å². The maximum atomic E-state index is 4.91. The van der Waals surface area contributed by atoms with Crippen LogP contribution in [-0.4, -0.2) is 24.1 Å². The van der Waals surface area contributed by atoms with Crippen molar-refractivity contribution in [1.29, 1.82) is 0 Å². The number of thiocarbonyl (C=S) groups is 1. The molecule has 2 heterocycles. The number of rotatable bonds is 0. The topological polar surface area (TPSA) is 57.3 Å². The summed E-state index contributed by atoms with van der Waals surface area (Å²) in [5.74, 6) is 0. The summed E-state index contributed by atoms with van der Waals surface area (Å²) in [7, 11) is 0. The molecule has 5 heteroatoms. The van der Waals surface area contributed by atoms with Crippen LogP contribution in [0.15, 0.2) is 0 Å². The largest absolute Gasteiger partial charge is 0.307 e. The molecule has 0 saturated carbocycles. The van der Waals surface area contributed by atoms with E-state index >= 15 is 0 Å². The molecule has 6 N–H and O–H groups in total. The molecule has 0 aromatic heterocycles. The van der Waals surface area contributed by atoms with Crippen LogP contribution in [-0.2, 0) is 0 Å². The van der Waals surface area contributed by atoms with Crippen molar-refractivity contribution in [3.8, 4) is 0 Å². The third-order valence-electron chi connectivity index (χ3n) is 1.76. The fourth-order valence-corrected chi connectivity index (χ4v) is 1.58. The van der Waals surface area contributed by atoms with Crippen molar-refractivity contribution in [2.75, 3.05) is 6.67 Å². The molecule has 0 aliphatic carbocycles. The summed E-state index contributed by atoms with van der Waals surface area (Å²) >= 11 is 4.91. The molecule has 0 amide bonds. The van der Waals surface area contributed by atoms with Gasteiger partial charge in [-0.2, -0.15) is 0 Å². The molecule has 0 spiro atoms. The van der Waals surface area contributed by atoms with Gasteiger partial charge in [-0.15, -0.1) is 0 Å². The Morgan fingerprint density at radius 1 is 1.33 bits per heavy atom. The molecule has 4 nitrogen and oxygen atoms in total. The molecule has 2 rings (SSSR count). The number of quaternary nitrogens is 2. The molecule has 2 fully saturated rings. The Labute approximate surface area is 58.4 Å². The minimum absolute atomic E-state index is 0.470. The summed E-state index contributed by atoms with van der Waals surface area (Å²) in [6.45, 7) is 1.10. The summed E-state index contributed by atoms with van der Waals surface area (Å²) in [6, 6.07) is 0. The molecule has 0 bridgehead atoms. The Bertz CT molecular complexity index is 134. The lowest BCUT2D eigenvalue weighted by molar-refractivity contribution is -0.802. The third-order valence-corrected chi connectivity index (χ3v) is 2.00. The van der Waals surface area contributed by atoms with Crippen LogP contribution < -0.4 is 21.3 Å². The first-order chi connectivity index (χ1) is 4.36. The average molecular weight is 146 g/mol. The zero-order chi connectivity index (χ0) is 6.27. The van der Waals surface area contributed by atoms with Crippen LogP contribution >= 0.6 is 12.2 Å². The van der Waals surface area contributed by atoms with Crippen molar-refractivity contribution in [2.24, 2.45) is 0 Å². The average Bonchev–Trinajstić information content (AvgIpc) is 2.22. The lowest BCUT2D eigenvalue weighted by Crippen LogP contribution is -2.99. The maximum Gasteiger partial charge on any atom is 0.239 e. The van der Waals surface area contributed by atoms with Crippen molar-refractivity contribution in [2.45, 2.75) is 12.3 Å². The summed E-state index contributed by atoms with van der Waals surface area (Å²) < 4.78 is 0. The number of nitrogens with two attached hydrogens (primary N) is 2. The summed E-state index contributed by atoms with van der Waals surface area (Å²) in [5, 5.41) is 11.6. The van der Waals surface area contributed by atoms with Crippen LogP contribution in [0.3, 0.4) is 0 Å². The number of hydrogen-bond donors (Lipinski definition) is 4. The van der Waals surface area contributed by atoms with Crippen LogP contribution in [0.25, 0.3) is 0 Å². The van der Waals surface area contributed by atoms with E-state index in [1.165, 1.54) is 0 Å². The van der Waals surface area contributed by atoms with Crippen LogP contribution in [0.1, 0.15) is 0 Å². The Hall–Kier alpha value is -0.390. The summed E-state index contributed by atoms with van der Waals surface area (Å²) in [5.41, 5.74) is 0. The van der Waals surface area contributed by atoms with Gasteiger partial charge in [0, 0.05) is 0 Å². The number of fused-ring (bicyclic) bond motifs is 1. The van der Waals surface area contributed by atoms with Gasteiger partial charge in [0.15, 0.2) is 5.11 Å². The van der Waals surface area contributed by atoms with E-state index in [0.717, 1.165) is 11.8 Å². The van der Waals surface area contributed by atoms with E-state index in [2.05, 4.69) is 21.3 Å². The molecule has 2 atom stereocenters. The molecular formula is C4H10N4S+2. The van der Waals surface area contributed by atoms with E-state index in [9.17, 15) is 0 Å². The highest BCUT2D eigenvalue weighted by Gasteiger charge is 2.40. The number of nitrogens with one attached hydrogen (secondary N) is 2. The van der Waals surface area contributed by atoms with Gasteiger partial charge in [-0.3, -0.25) is 10.6 Å². The molecule has 0 radical (unpaired) electrons. The van der Waals surface area contributed by atoms with Gasteiger partial charge in [0.25, 0.3) is 0 Å². The highest BCUT2D eigenvalue weighted by Crippen LogP contribution is 1.86. The Balaban J connectivity index is 2.09. The van der Waals surface area contributed by atoms with Gasteiger partial charge in [0.2, 0.25) is 19.0 Å². The second-order valence-corrected chi connectivity index (χ2v) is 2.78. The predicted molar refractivity (Wildman–Crippen MR) is 35.2 cm³/mol.